The van der Waals surface area contributed by atoms with Crippen LogP contribution in [0.1, 0.15) is 40.2 Å². The Labute approximate surface area is 221 Å². The summed E-state index contributed by atoms with van der Waals surface area (Å²) in [6.07, 6.45) is 4.45. The van der Waals surface area contributed by atoms with Crippen LogP contribution in [0, 0.1) is 11.3 Å². The number of aromatic nitrogens is 3. The number of carbonyl (C=O) groups excluding carboxylic acids is 2. The van der Waals surface area contributed by atoms with Gasteiger partial charge in [-0.2, -0.15) is 0 Å². The van der Waals surface area contributed by atoms with E-state index in [4.69, 9.17) is 16.1 Å². The molecule has 5 rings (SSSR count). The molecule has 2 aromatic heterocycles. The molecular weight excluding hydrogens is 478 g/mol. The maximum Gasteiger partial charge on any atom is 0.253 e. The summed E-state index contributed by atoms with van der Waals surface area (Å²) >= 11 is 0. The summed E-state index contributed by atoms with van der Waals surface area (Å²) in [6.45, 7) is 1.07. The molecule has 0 unspecified atom stereocenters. The lowest BCUT2D eigenvalue weighted by molar-refractivity contribution is -0.121. The first-order valence-corrected chi connectivity index (χ1v) is 12.8. The number of nitrogen functional groups attached to an aromatic ring is 1. The van der Waals surface area contributed by atoms with Gasteiger partial charge in [0, 0.05) is 49.8 Å². The van der Waals surface area contributed by atoms with Crippen molar-refractivity contribution in [1.82, 2.24) is 19.4 Å². The zero-order valence-electron chi connectivity index (χ0n) is 21.4. The number of anilines is 1. The maximum absolute atomic E-state index is 13.2. The van der Waals surface area contributed by atoms with Gasteiger partial charge < -0.3 is 20.5 Å². The Kier molecular flexibility index (Phi) is 7.17. The second-order valence-corrected chi connectivity index (χ2v) is 9.67. The topological polar surface area (TPSA) is 130 Å². The molecule has 194 valence electrons. The molecule has 0 saturated carbocycles. The molecule has 4 aromatic rings. The molecule has 0 spiro atoms. The van der Waals surface area contributed by atoms with Crippen molar-refractivity contribution >= 4 is 34.5 Å². The van der Waals surface area contributed by atoms with Gasteiger partial charge in [-0.05, 0) is 55.2 Å². The summed E-state index contributed by atoms with van der Waals surface area (Å²) in [5, 5.41) is 10.4. The van der Waals surface area contributed by atoms with Crippen molar-refractivity contribution in [3.63, 3.8) is 0 Å². The Bertz CT molecular complexity index is 1470. The normalized spacial score (nSPS) is 14.0. The van der Waals surface area contributed by atoms with Crippen LogP contribution in [0.4, 0.5) is 5.82 Å². The number of likely N-dealkylation sites (tertiary alicyclic amines) is 1. The molecule has 1 saturated heterocycles. The van der Waals surface area contributed by atoms with Crippen LogP contribution in [-0.2, 0) is 24.7 Å². The average molecular weight is 510 g/mol. The van der Waals surface area contributed by atoms with Crippen LogP contribution >= 0.6 is 0 Å². The molecule has 0 atom stereocenters. The Hall–Kier alpha value is -4.53. The smallest absolute Gasteiger partial charge is 0.253 e. The number of nitrogens with two attached hydrogens (primary N) is 1. The van der Waals surface area contributed by atoms with Crippen molar-refractivity contribution < 1.29 is 9.59 Å². The molecule has 9 heteroatoms. The summed E-state index contributed by atoms with van der Waals surface area (Å²) in [5.74, 6) is 1.33. The van der Waals surface area contributed by atoms with Crippen molar-refractivity contribution in [1.29, 1.82) is 5.41 Å². The van der Waals surface area contributed by atoms with Gasteiger partial charge in [0.2, 0.25) is 5.91 Å². The van der Waals surface area contributed by atoms with Crippen LogP contribution in [0.3, 0.4) is 0 Å². The first-order valence-electron chi connectivity index (χ1n) is 12.8. The molecule has 3 heterocycles. The maximum atomic E-state index is 13.2. The number of piperidine rings is 1. The van der Waals surface area contributed by atoms with Crippen LogP contribution < -0.4 is 11.1 Å². The van der Waals surface area contributed by atoms with E-state index in [1.807, 2.05) is 60.5 Å². The highest BCUT2D eigenvalue weighted by Gasteiger charge is 2.28. The minimum absolute atomic E-state index is 0.0340. The number of nitrogens with zero attached hydrogens (tertiary/aromatic N) is 4. The van der Waals surface area contributed by atoms with E-state index in [1.165, 1.54) is 0 Å². The number of imidazole rings is 1. The van der Waals surface area contributed by atoms with E-state index < -0.39 is 0 Å². The van der Waals surface area contributed by atoms with Crippen LogP contribution in [0.15, 0.2) is 66.9 Å². The molecular formula is C29H31N7O2. The second-order valence-electron chi connectivity index (χ2n) is 9.67. The SMILES string of the molecule is Cn1c(CCc2ccc(C(=N)N)cc2)nc2cc(C(=O)N3CCC(C(=O)Nc4ccccn4)CC3)ccc21. The van der Waals surface area contributed by atoms with Crippen LogP contribution in [0.2, 0.25) is 0 Å². The predicted molar refractivity (Wildman–Crippen MR) is 147 cm³/mol. The third kappa shape index (κ3) is 5.41. The van der Waals surface area contributed by atoms with E-state index in [2.05, 4.69) is 14.9 Å². The summed E-state index contributed by atoms with van der Waals surface area (Å²) in [7, 11) is 1.99. The average Bonchev–Trinajstić information content (AvgIpc) is 3.26. The van der Waals surface area contributed by atoms with E-state index in [9.17, 15) is 9.59 Å². The standard InChI is InChI=1S/C29H31N7O2/c1-35-24-11-10-22(18-23(24)33-26(35)12-7-19-5-8-20(9-6-19)27(30)31)29(38)36-16-13-21(14-17-36)28(37)34-25-4-2-3-15-32-25/h2-6,8-11,15,18,21H,7,12-14,16-17H2,1H3,(H3,30,31)(H,32,34,37). The lowest BCUT2D eigenvalue weighted by Crippen LogP contribution is -2.41. The fourth-order valence-electron chi connectivity index (χ4n) is 4.91. The molecule has 2 amide bonds. The highest BCUT2D eigenvalue weighted by Crippen LogP contribution is 2.23. The number of amidine groups is 1. The van der Waals surface area contributed by atoms with Gasteiger partial charge >= 0.3 is 0 Å². The van der Waals surface area contributed by atoms with Gasteiger partial charge in [0.1, 0.15) is 17.5 Å². The molecule has 9 nitrogen and oxygen atoms in total. The van der Waals surface area contributed by atoms with Crippen LogP contribution in [-0.4, -0.2) is 50.2 Å². The van der Waals surface area contributed by atoms with E-state index in [1.54, 1.807) is 18.3 Å². The van der Waals surface area contributed by atoms with Gasteiger partial charge in [-0.25, -0.2) is 9.97 Å². The minimum atomic E-state index is -0.138. The fourth-order valence-corrected chi connectivity index (χ4v) is 4.91. The van der Waals surface area contributed by atoms with Crippen LogP contribution in [0.25, 0.3) is 11.0 Å². The highest BCUT2D eigenvalue weighted by molar-refractivity contribution is 5.98. The molecule has 1 fully saturated rings. The fraction of sp³-hybridized carbons (Fsp3) is 0.276. The monoisotopic (exact) mass is 509 g/mol. The Balaban J connectivity index is 1.20. The molecule has 2 aromatic carbocycles. The first-order chi connectivity index (χ1) is 18.4. The number of hydrogen-bond donors (Lipinski definition) is 3. The number of fused-ring (bicyclic) bond motifs is 1. The van der Waals surface area contributed by atoms with Gasteiger partial charge in [0.15, 0.2) is 0 Å². The van der Waals surface area contributed by atoms with E-state index >= 15 is 0 Å². The summed E-state index contributed by atoms with van der Waals surface area (Å²) < 4.78 is 2.07. The highest BCUT2D eigenvalue weighted by atomic mass is 16.2. The zero-order chi connectivity index (χ0) is 26.6. The summed E-state index contributed by atoms with van der Waals surface area (Å²) in [4.78, 5) is 36.6. The lowest BCUT2D eigenvalue weighted by Gasteiger charge is -2.31. The molecule has 4 N–H and O–H groups in total. The third-order valence-electron chi connectivity index (χ3n) is 7.19. The van der Waals surface area contributed by atoms with Crippen LogP contribution in [0.5, 0.6) is 0 Å². The first kappa shape index (κ1) is 25.1. The summed E-state index contributed by atoms with van der Waals surface area (Å²) in [5.41, 5.74) is 9.79. The third-order valence-corrected chi connectivity index (χ3v) is 7.19. The van der Waals surface area contributed by atoms with E-state index in [-0.39, 0.29) is 23.6 Å². The number of hydrogen-bond acceptors (Lipinski definition) is 5. The zero-order valence-corrected chi connectivity index (χ0v) is 21.4. The lowest BCUT2D eigenvalue weighted by atomic mass is 9.95. The molecule has 0 radical (unpaired) electrons. The molecule has 1 aliphatic heterocycles. The van der Waals surface area contributed by atoms with Crippen molar-refractivity contribution in [3.05, 3.63) is 89.4 Å². The quantitative estimate of drug-likeness (QED) is 0.259. The number of aryl methyl sites for hydroxylation is 3. The van der Waals surface area contributed by atoms with Gasteiger partial charge in [-0.1, -0.05) is 30.3 Å². The number of benzene rings is 2. The van der Waals surface area contributed by atoms with Gasteiger partial charge in [-0.15, -0.1) is 0 Å². The van der Waals surface area contributed by atoms with Crippen molar-refractivity contribution in [2.24, 2.45) is 18.7 Å². The van der Waals surface area contributed by atoms with Crippen molar-refractivity contribution in [2.45, 2.75) is 25.7 Å². The summed E-state index contributed by atoms with van der Waals surface area (Å²) in [6, 6.07) is 18.8. The van der Waals surface area contributed by atoms with Crippen molar-refractivity contribution in [2.75, 3.05) is 18.4 Å². The number of pyridine rings is 1. The predicted octanol–water partition coefficient (Wildman–Crippen LogP) is 3.53. The molecule has 0 bridgehead atoms. The Morgan fingerprint density at radius 1 is 1.03 bits per heavy atom. The number of nitrogens with one attached hydrogen (secondary N) is 2. The van der Waals surface area contributed by atoms with Gasteiger partial charge in [0.25, 0.3) is 5.91 Å². The molecule has 38 heavy (non-hydrogen) atoms. The van der Waals surface area contributed by atoms with Gasteiger partial charge in [0.05, 0.1) is 11.0 Å². The van der Waals surface area contributed by atoms with Gasteiger partial charge in [-0.3, -0.25) is 15.0 Å². The molecule has 0 aliphatic carbocycles. The minimum Gasteiger partial charge on any atom is -0.384 e. The number of amides is 2. The molecule has 1 aliphatic rings. The number of carbonyl (C=O) groups is 2. The largest absolute Gasteiger partial charge is 0.384 e. The second kappa shape index (κ2) is 10.8. The Morgan fingerprint density at radius 3 is 2.45 bits per heavy atom. The Morgan fingerprint density at radius 2 is 1.76 bits per heavy atom. The van der Waals surface area contributed by atoms with E-state index in [0.29, 0.717) is 42.9 Å². The number of rotatable bonds is 7. The van der Waals surface area contributed by atoms with E-state index in [0.717, 1.165) is 35.3 Å². The van der Waals surface area contributed by atoms with Crippen molar-refractivity contribution in [3.8, 4) is 0 Å².